The number of methoxy groups -OCH3 is 1. The summed E-state index contributed by atoms with van der Waals surface area (Å²) in [4.78, 5) is 59.9. The van der Waals surface area contributed by atoms with Gasteiger partial charge in [0.25, 0.3) is 0 Å². The maximum absolute atomic E-state index is 12.3. The molecule has 5 atom stereocenters. The first-order valence-electron chi connectivity index (χ1n) is 11.6. The summed E-state index contributed by atoms with van der Waals surface area (Å²) in [5, 5.41) is 0. The molecule has 0 aromatic heterocycles. The van der Waals surface area contributed by atoms with Gasteiger partial charge in [-0.25, -0.2) is 9.59 Å². The average Bonchev–Trinajstić information content (AvgIpc) is 2.81. The number of carbonyl (C=O) groups is 5. The molecule has 0 bridgehead atoms. The van der Waals surface area contributed by atoms with Crippen molar-refractivity contribution in [3.8, 4) is 0 Å². The van der Waals surface area contributed by atoms with Crippen LogP contribution in [0.5, 0.6) is 0 Å². The minimum Gasteiger partial charge on any atom is -0.466 e. The van der Waals surface area contributed by atoms with Crippen LogP contribution in [0, 0.1) is 0 Å². The molecule has 12 nitrogen and oxygen atoms in total. The third-order valence-electron chi connectivity index (χ3n) is 4.79. The molecule has 1 saturated heterocycles. The minimum atomic E-state index is -1.47. The third kappa shape index (κ3) is 10.4. The van der Waals surface area contributed by atoms with Gasteiger partial charge in [0.1, 0.15) is 18.8 Å². The molecule has 0 spiro atoms. The summed E-state index contributed by atoms with van der Waals surface area (Å²) >= 11 is 0. The third-order valence-corrected chi connectivity index (χ3v) is 4.79. The van der Waals surface area contributed by atoms with E-state index in [0.29, 0.717) is 19.3 Å². The summed E-state index contributed by atoms with van der Waals surface area (Å²) in [7, 11) is 1.14. The lowest BCUT2D eigenvalue weighted by atomic mass is 9.96. The lowest BCUT2D eigenvalue weighted by Crippen LogP contribution is -2.65. The van der Waals surface area contributed by atoms with Gasteiger partial charge in [-0.3, -0.25) is 14.4 Å². The molecule has 0 aromatic rings. The smallest absolute Gasteiger partial charge is 0.333 e. The lowest BCUT2D eigenvalue weighted by Gasteiger charge is -2.43. The number of rotatable bonds is 13. The maximum atomic E-state index is 12.3. The van der Waals surface area contributed by atoms with Gasteiger partial charge < -0.3 is 34.2 Å². The van der Waals surface area contributed by atoms with Gasteiger partial charge in [-0.05, 0) is 19.3 Å². The van der Waals surface area contributed by atoms with Gasteiger partial charge in [-0.15, -0.1) is 0 Å². The second-order valence-corrected chi connectivity index (χ2v) is 7.76. The molecule has 1 aliphatic heterocycles. The SMILES string of the molecule is CCCC(=O)OC[C@H]1O[C@H](OC(=O)/C=C/C(=O)OC)[C@H](N)[C@@H](OC(=O)CCC)[C@@H]1OC(=O)CCC. The van der Waals surface area contributed by atoms with Crippen molar-refractivity contribution in [2.75, 3.05) is 13.7 Å². The summed E-state index contributed by atoms with van der Waals surface area (Å²) in [6.45, 7) is 4.99. The van der Waals surface area contributed by atoms with Gasteiger partial charge in [-0.1, -0.05) is 20.8 Å². The van der Waals surface area contributed by atoms with Crippen LogP contribution in [0.4, 0.5) is 0 Å². The van der Waals surface area contributed by atoms with E-state index in [1.807, 2.05) is 0 Å². The van der Waals surface area contributed by atoms with E-state index in [1.54, 1.807) is 20.8 Å². The largest absolute Gasteiger partial charge is 0.466 e. The summed E-state index contributed by atoms with van der Waals surface area (Å²) in [5.41, 5.74) is 6.21. The number of hydrogen-bond donors (Lipinski definition) is 1. The summed E-state index contributed by atoms with van der Waals surface area (Å²) in [6, 6.07) is -1.26. The van der Waals surface area contributed by atoms with Crippen molar-refractivity contribution in [3.05, 3.63) is 12.2 Å². The fraction of sp³-hybridized carbons (Fsp3) is 0.696. The molecule has 12 heteroatoms. The van der Waals surface area contributed by atoms with Gasteiger partial charge in [0.05, 0.1) is 7.11 Å². The van der Waals surface area contributed by atoms with Gasteiger partial charge >= 0.3 is 29.8 Å². The Morgan fingerprint density at radius 3 is 1.83 bits per heavy atom. The highest BCUT2D eigenvalue weighted by atomic mass is 16.7. The second-order valence-electron chi connectivity index (χ2n) is 7.76. The van der Waals surface area contributed by atoms with E-state index in [4.69, 9.17) is 29.4 Å². The van der Waals surface area contributed by atoms with Gasteiger partial charge in [0.2, 0.25) is 6.29 Å². The van der Waals surface area contributed by atoms with Crippen molar-refractivity contribution in [3.63, 3.8) is 0 Å². The van der Waals surface area contributed by atoms with Crippen LogP contribution in [0.2, 0.25) is 0 Å². The fourth-order valence-electron chi connectivity index (χ4n) is 3.09. The van der Waals surface area contributed by atoms with Crippen LogP contribution in [0.1, 0.15) is 59.3 Å². The highest BCUT2D eigenvalue weighted by molar-refractivity contribution is 5.91. The molecule has 0 unspecified atom stereocenters. The van der Waals surface area contributed by atoms with E-state index in [0.717, 1.165) is 19.3 Å². The molecule has 1 heterocycles. The van der Waals surface area contributed by atoms with Crippen molar-refractivity contribution in [2.24, 2.45) is 5.73 Å². The van der Waals surface area contributed by atoms with Crippen LogP contribution in [0.15, 0.2) is 12.2 Å². The quantitative estimate of drug-likeness (QED) is 0.217. The topological polar surface area (TPSA) is 167 Å². The number of hydrogen-bond acceptors (Lipinski definition) is 12. The van der Waals surface area contributed by atoms with Gasteiger partial charge in [-0.2, -0.15) is 0 Å². The van der Waals surface area contributed by atoms with Crippen molar-refractivity contribution in [2.45, 2.75) is 89.9 Å². The van der Waals surface area contributed by atoms with Crippen LogP contribution in [-0.4, -0.2) is 74.2 Å². The average molecular weight is 502 g/mol. The predicted octanol–water partition coefficient (Wildman–Crippen LogP) is 1.08. The maximum Gasteiger partial charge on any atom is 0.333 e. The Balaban J connectivity index is 3.21. The van der Waals surface area contributed by atoms with Crippen molar-refractivity contribution in [1.29, 1.82) is 0 Å². The Morgan fingerprint density at radius 1 is 0.771 bits per heavy atom. The van der Waals surface area contributed by atoms with E-state index in [1.165, 1.54) is 0 Å². The van der Waals surface area contributed by atoms with Crippen molar-refractivity contribution in [1.82, 2.24) is 0 Å². The Hall–Kier alpha value is -2.99. The summed E-state index contributed by atoms with van der Waals surface area (Å²) < 4.78 is 31.6. The van der Waals surface area contributed by atoms with Crippen LogP contribution in [-0.2, 0) is 52.4 Å². The zero-order valence-electron chi connectivity index (χ0n) is 20.6. The van der Waals surface area contributed by atoms with E-state index in [9.17, 15) is 24.0 Å². The first-order chi connectivity index (χ1) is 16.7. The van der Waals surface area contributed by atoms with E-state index in [-0.39, 0.29) is 25.9 Å². The molecule has 0 aliphatic carbocycles. The highest BCUT2D eigenvalue weighted by Gasteiger charge is 2.50. The molecule has 2 N–H and O–H groups in total. The van der Waals surface area contributed by atoms with Crippen LogP contribution < -0.4 is 5.73 Å². The summed E-state index contributed by atoms with van der Waals surface area (Å²) in [6.07, 6.45) is -1.61. The molecule has 0 amide bonds. The van der Waals surface area contributed by atoms with E-state index < -0.39 is 60.5 Å². The van der Waals surface area contributed by atoms with Crippen molar-refractivity contribution < 1.29 is 52.4 Å². The molecule has 198 valence electrons. The molecule has 1 aliphatic rings. The lowest BCUT2D eigenvalue weighted by molar-refractivity contribution is -0.267. The van der Waals surface area contributed by atoms with Gasteiger partial charge in [0, 0.05) is 31.4 Å². The zero-order valence-corrected chi connectivity index (χ0v) is 20.6. The van der Waals surface area contributed by atoms with Gasteiger partial charge in [0.15, 0.2) is 12.2 Å². The molecule has 1 fully saturated rings. The van der Waals surface area contributed by atoms with E-state index in [2.05, 4.69) is 4.74 Å². The number of ether oxygens (including phenoxy) is 6. The number of nitrogens with two attached hydrogens (primary N) is 1. The monoisotopic (exact) mass is 501 g/mol. The first-order valence-corrected chi connectivity index (χ1v) is 11.6. The predicted molar refractivity (Wildman–Crippen MR) is 119 cm³/mol. The zero-order chi connectivity index (χ0) is 26.4. The van der Waals surface area contributed by atoms with Crippen molar-refractivity contribution >= 4 is 29.8 Å². The Kier molecular flexibility index (Phi) is 13.6. The standard InChI is InChI=1S/C23H35NO11/c1-5-8-16(26)31-13-14-21(33-17(27)9-6-2)22(34-18(28)10-7-3)20(24)23(32-14)35-19(29)12-11-15(25)30-4/h11-12,14,20-23H,5-10,13,24H2,1-4H3/b12-11+/t14-,20-,21-,22-,23-/m1/s1. The van der Waals surface area contributed by atoms with Crippen LogP contribution >= 0.6 is 0 Å². The normalized spacial score (nSPS) is 23.9. The first kappa shape index (κ1) is 30.0. The molecule has 0 saturated carbocycles. The number of esters is 5. The fourth-order valence-corrected chi connectivity index (χ4v) is 3.09. The Labute approximate surface area is 204 Å². The highest BCUT2D eigenvalue weighted by Crippen LogP contribution is 2.27. The molecule has 0 radical (unpaired) electrons. The minimum absolute atomic E-state index is 0.0716. The molecule has 1 rings (SSSR count). The van der Waals surface area contributed by atoms with Crippen LogP contribution in [0.25, 0.3) is 0 Å². The van der Waals surface area contributed by atoms with E-state index >= 15 is 0 Å². The molecule has 35 heavy (non-hydrogen) atoms. The molecule has 0 aromatic carbocycles. The molecular formula is C23H35NO11. The molecular weight excluding hydrogens is 466 g/mol. The Morgan fingerprint density at radius 2 is 1.29 bits per heavy atom. The second kappa shape index (κ2) is 15.8. The number of carbonyl (C=O) groups excluding carboxylic acids is 5. The summed E-state index contributed by atoms with van der Waals surface area (Å²) in [5.74, 6) is -3.49. The Bertz CT molecular complexity index is 767. The van der Waals surface area contributed by atoms with Crippen LogP contribution in [0.3, 0.4) is 0 Å².